The molecule has 0 saturated heterocycles. The molecule has 0 aliphatic carbocycles. The molecule has 2 aromatic rings. The Morgan fingerprint density at radius 2 is 2.00 bits per heavy atom. The molecule has 0 aliphatic heterocycles. The fraction of sp³-hybridized carbons (Fsp3) is 0.500. The van der Waals surface area contributed by atoms with E-state index in [1.807, 2.05) is 43.1 Å². The van der Waals surface area contributed by atoms with Gasteiger partial charge in [0.15, 0.2) is 5.96 Å². The van der Waals surface area contributed by atoms with E-state index < -0.39 is 0 Å². The molecule has 2 heterocycles. The molecule has 0 unspecified atom stereocenters. The highest BCUT2D eigenvalue weighted by Crippen LogP contribution is 2.12. The molecule has 7 nitrogen and oxygen atoms in total. The van der Waals surface area contributed by atoms with Gasteiger partial charge in [-0.05, 0) is 38.6 Å². The maximum Gasteiger partial charge on any atom is 0.261 e. The number of nitrogens with zero attached hydrogens (tertiary/aromatic N) is 3. The monoisotopic (exact) mass is 504 g/mol. The van der Waals surface area contributed by atoms with Crippen molar-refractivity contribution in [2.24, 2.45) is 12.0 Å². The molecular formula is C18H29IN6OS. The molecule has 2 rings (SSSR count). The molecule has 0 radical (unpaired) electrons. The van der Waals surface area contributed by atoms with E-state index in [9.17, 15) is 4.79 Å². The van der Waals surface area contributed by atoms with E-state index in [0.717, 1.165) is 47.3 Å². The molecule has 0 bridgehead atoms. The first-order chi connectivity index (χ1) is 12.5. The second-order valence-corrected chi connectivity index (χ2v) is 6.93. The van der Waals surface area contributed by atoms with Gasteiger partial charge in [-0.15, -0.1) is 35.3 Å². The maximum absolute atomic E-state index is 11.9. The number of guanidine groups is 1. The van der Waals surface area contributed by atoms with Crippen LogP contribution in [0.25, 0.3) is 0 Å². The quantitative estimate of drug-likeness (QED) is 0.224. The molecule has 3 N–H and O–H groups in total. The van der Waals surface area contributed by atoms with Crippen LogP contribution in [-0.4, -0.2) is 41.3 Å². The third-order valence-corrected chi connectivity index (χ3v) is 4.94. The highest BCUT2D eigenvalue weighted by atomic mass is 127. The summed E-state index contributed by atoms with van der Waals surface area (Å²) in [5, 5.41) is 15.8. The average Bonchev–Trinajstić information content (AvgIpc) is 3.22. The van der Waals surface area contributed by atoms with Crippen molar-refractivity contribution in [3.8, 4) is 0 Å². The molecule has 1 amide bonds. The molecule has 9 heteroatoms. The second-order valence-electron chi connectivity index (χ2n) is 5.98. The van der Waals surface area contributed by atoms with Gasteiger partial charge in [0.2, 0.25) is 0 Å². The van der Waals surface area contributed by atoms with E-state index in [1.54, 1.807) is 0 Å². The predicted octanol–water partition coefficient (Wildman–Crippen LogP) is 2.59. The maximum atomic E-state index is 11.9. The number of thiophene rings is 1. The number of aryl methyl sites for hydroxylation is 2. The van der Waals surface area contributed by atoms with Crippen LogP contribution >= 0.6 is 35.3 Å². The van der Waals surface area contributed by atoms with Gasteiger partial charge in [-0.1, -0.05) is 6.07 Å². The van der Waals surface area contributed by atoms with Crippen molar-refractivity contribution >= 4 is 47.2 Å². The van der Waals surface area contributed by atoms with E-state index in [4.69, 9.17) is 0 Å². The van der Waals surface area contributed by atoms with E-state index in [0.29, 0.717) is 13.1 Å². The topological polar surface area (TPSA) is 83.3 Å². The lowest BCUT2D eigenvalue weighted by molar-refractivity contribution is 0.0957. The third kappa shape index (κ3) is 7.13. The number of aromatic nitrogens is 2. The zero-order chi connectivity index (χ0) is 18.9. The first-order valence-corrected chi connectivity index (χ1v) is 9.73. The van der Waals surface area contributed by atoms with Gasteiger partial charge >= 0.3 is 0 Å². The molecule has 0 aliphatic rings. The average molecular weight is 504 g/mol. The Balaban J connectivity index is 0.00000364. The van der Waals surface area contributed by atoms with Crippen LogP contribution in [0.2, 0.25) is 0 Å². The van der Waals surface area contributed by atoms with Crippen molar-refractivity contribution in [3.05, 3.63) is 39.3 Å². The molecule has 0 aromatic carbocycles. The van der Waals surface area contributed by atoms with Gasteiger partial charge in [0.05, 0.1) is 17.1 Å². The Labute approximate surface area is 182 Å². The molecule has 0 atom stereocenters. The molecule has 0 fully saturated rings. The summed E-state index contributed by atoms with van der Waals surface area (Å²) in [6, 6.07) is 3.71. The molecule has 0 saturated carbocycles. The van der Waals surface area contributed by atoms with Crippen LogP contribution in [-0.2, 0) is 13.6 Å². The standard InChI is InChI=1S/C18H28N6OS.HI/c1-5-19-18(22-12-15-13(2)23-24(4)14(15)3)21-10-7-9-20-17(25)16-8-6-11-26-16;/h6,8,11H,5,7,9-10,12H2,1-4H3,(H,20,25)(H2,19,21,22);1H. The van der Waals surface area contributed by atoms with Gasteiger partial charge in [0, 0.05) is 37.9 Å². The lowest BCUT2D eigenvalue weighted by Gasteiger charge is -2.11. The van der Waals surface area contributed by atoms with Gasteiger partial charge < -0.3 is 16.0 Å². The number of aliphatic imine (C=N–C) groups is 1. The Hall–Kier alpha value is -1.62. The Morgan fingerprint density at radius 1 is 1.26 bits per heavy atom. The van der Waals surface area contributed by atoms with E-state index in [-0.39, 0.29) is 29.9 Å². The summed E-state index contributed by atoms with van der Waals surface area (Å²) in [5.41, 5.74) is 3.31. The fourth-order valence-electron chi connectivity index (χ4n) is 2.54. The summed E-state index contributed by atoms with van der Waals surface area (Å²) in [4.78, 5) is 17.3. The smallest absolute Gasteiger partial charge is 0.261 e. The minimum atomic E-state index is -0.0110. The normalized spacial score (nSPS) is 11.0. The second kappa shape index (κ2) is 12.0. The van der Waals surface area contributed by atoms with Gasteiger partial charge in [-0.3, -0.25) is 9.48 Å². The summed E-state index contributed by atoms with van der Waals surface area (Å²) in [5.74, 6) is 0.767. The minimum absolute atomic E-state index is 0. The van der Waals surface area contributed by atoms with Gasteiger partial charge in [-0.25, -0.2) is 4.99 Å². The Kier molecular flexibility index (Phi) is 10.4. The van der Waals surface area contributed by atoms with Crippen LogP contribution in [0.15, 0.2) is 22.5 Å². The van der Waals surface area contributed by atoms with Crippen molar-refractivity contribution in [3.63, 3.8) is 0 Å². The van der Waals surface area contributed by atoms with Gasteiger partial charge in [0.25, 0.3) is 5.91 Å². The summed E-state index contributed by atoms with van der Waals surface area (Å²) in [6.45, 7) is 8.86. The van der Waals surface area contributed by atoms with Crippen LogP contribution in [0.5, 0.6) is 0 Å². The number of rotatable bonds is 8. The number of carbonyl (C=O) groups excluding carboxylic acids is 1. The third-order valence-electron chi connectivity index (χ3n) is 4.07. The molecule has 0 spiro atoms. The lowest BCUT2D eigenvalue weighted by atomic mass is 10.2. The van der Waals surface area contributed by atoms with Crippen molar-refractivity contribution in [2.75, 3.05) is 19.6 Å². The van der Waals surface area contributed by atoms with Crippen molar-refractivity contribution < 1.29 is 4.79 Å². The van der Waals surface area contributed by atoms with E-state index in [1.165, 1.54) is 11.3 Å². The number of halogens is 1. The molecular weight excluding hydrogens is 475 g/mol. The lowest BCUT2D eigenvalue weighted by Crippen LogP contribution is -2.38. The summed E-state index contributed by atoms with van der Waals surface area (Å²) >= 11 is 1.45. The van der Waals surface area contributed by atoms with Crippen LogP contribution < -0.4 is 16.0 Å². The van der Waals surface area contributed by atoms with Crippen molar-refractivity contribution in [1.82, 2.24) is 25.7 Å². The number of nitrogens with one attached hydrogen (secondary N) is 3. The van der Waals surface area contributed by atoms with Crippen LogP contribution in [0.1, 0.15) is 40.0 Å². The predicted molar refractivity (Wildman–Crippen MR) is 122 cm³/mol. The summed E-state index contributed by atoms with van der Waals surface area (Å²) in [7, 11) is 1.95. The largest absolute Gasteiger partial charge is 0.357 e. The first kappa shape index (κ1) is 23.4. The van der Waals surface area contributed by atoms with E-state index >= 15 is 0 Å². The zero-order valence-corrected chi connectivity index (χ0v) is 19.5. The SMILES string of the molecule is CCNC(=NCc1c(C)nn(C)c1C)NCCCNC(=O)c1cccs1.I. The van der Waals surface area contributed by atoms with Gasteiger partial charge in [-0.2, -0.15) is 5.10 Å². The van der Waals surface area contributed by atoms with Gasteiger partial charge in [0.1, 0.15) is 0 Å². The van der Waals surface area contributed by atoms with Crippen molar-refractivity contribution in [1.29, 1.82) is 0 Å². The van der Waals surface area contributed by atoms with Crippen LogP contribution in [0.3, 0.4) is 0 Å². The Morgan fingerprint density at radius 3 is 2.59 bits per heavy atom. The highest BCUT2D eigenvalue weighted by molar-refractivity contribution is 14.0. The fourth-order valence-corrected chi connectivity index (χ4v) is 3.18. The Bertz CT molecular complexity index is 741. The number of carbonyl (C=O) groups is 1. The van der Waals surface area contributed by atoms with Crippen molar-refractivity contribution in [2.45, 2.75) is 33.7 Å². The molecule has 2 aromatic heterocycles. The molecule has 27 heavy (non-hydrogen) atoms. The molecule has 150 valence electrons. The summed E-state index contributed by atoms with van der Waals surface area (Å²) in [6.07, 6.45) is 0.826. The van der Waals surface area contributed by atoms with E-state index in [2.05, 4.69) is 33.0 Å². The first-order valence-electron chi connectivity index (χ1n) is 8.85. The van der Waals surface area contributed by atoms with Crippen LogP contribution in [0, 0.1) is 13.8 Å². The minimum Gasteiger partial charge on any atom is -0.357 e. The zero-order valence-electron chi connectivity index (χ0n) is 16.3. The number of hydrogen-bond donors (Lipinski definition) is 3. The van der Waals surface area contributed by atoms with Crippen LogP contribution in [0.4, 0.5) is 0 Å². The number of hydrogen-bond acceptors (Lipinski definition) is 4. The summed E-state index contributed by atoms with van der Waals surface area (Å²) < 4.78 is 1.89. The highest BCUT2D eigenvalue weighted by Gasteiger charge is 2.09. The number of amides is 1.